The summed E-state index contributed by atoms with van der Waals surface area (Å²) in [5, 5.41) is 3.57. The predicted octanol–water partition coefficient (Wildman–Crippen LogP) is 3.41. The van der Waals surface area contributed by atoms with Crippen molar-refractivity contribution in [1.29, 1.82) is 0 Å². The van der Waals surface area contributed by atoms with Crippen LogP contribution in [0.25, 0.3) is 0 Å². The summed E-state index contributed by atoms with van der Waals surface area (Å²) < 4.78 is 0. The lowest BCUT2D eigenvalue weighted by Crippen LogP contribution is -2.18. The predicted molar refractivity (Wildman–Crippen MR) is 65.3 cm³/mol. The van der Waals surface area contributed by atoms with Crippen molar-refractivity contribution in [3.63, 3.8) is 0 Å². The lowest BCUT2D eigenvalue weighted by atomic mass is 9.94. The Balaban J connectivity index is 2.34. The molecule has 0 spiro atoms. The van der Waals surface area contributed by atoms with Crippen LogP contribution >= 0.6 is 0 Å². The van der Waals surface area contributed by atoms with Crippen molar-refractivity contribution in [3.05, 3.63) is 34.9 Å². The first-order valence-electron chi connectivity index (χ1n) is 6.09. The maximum atomic E-state index is 3.57. The van der Waals surface area contributed by atoms with E-state index >= 15 is 0 Å². The molecular weight excluding hydrogens is 182 g/mol. The lowest BCUT2D eigenvalue weighted by molar-refractivity contribution is 0.549. The fourth-order valence-corrected chi connectivity index (χ4v) is 2.68. The van der Waals surface area contributed by atoms with Gasteiger partial charge < -0.3 is 5.32 Å². The standard InChI is InChI=1S/C14H21N/c1-4-15-14-9-8-12-11(10(2)3)6-5-7-13(12)14/h5-7,10,14-15H,4,8-9H2,1-3H3. The van der Waals surface area contributed by atoms with Crippen LogP contribution in [0.4, 0.5) is 0 Å². The van der Waals surface area contributed by atoms with Gasteiger partial charge >= 0.3 is 0 Å². The second-order valence-corrected chi connectivity index (χ2v) is 4.72. The molecule has 0 amide bonds. The zero-order chi connectivity index (χ0) is 10.8. The zero-order valence-electron chi connectivity index (χ0n) is 10.0. The molecule has 1 aliphatic rings. The summed E-state index contributed by atoms with van der Waals surface area (Å²) in [5.74, 6) is 0.653. The van der Waals surface area contributed by atoms with Gasteiger partial charge in [0.1, 0.15) is 0 Å². The molecule has 0 aromatic heterocycles. The Morgan fingerprint density at radius 1 is 1.40 bits per heavy atom. The molecule has 1 heteroatoms. The molecule has 2 rings (SSSR count). The quantitative estimate of drug-likeness (QED) is 0.794. The average Bonchev–Trinajstić information content (AvgIpc) is 2.62. The van der Waals surface area contributed by atoms with Crippen LogP contribution < -0.4 is 5.32 Å². The SMILES string of the molecule is CCNC1CCc2c(C(C)C)cccc21. The number of rotatable bonds is 3. The van der Waals surface area contributed by atoms with Crippen molar-refractivity contribution in [2.75, 3.05) is 6.54 Å². The summed E-state index contributed by atoms with van der Waals surface area (Å²) >= 11 is 0. The van der Waals surface area contributed by atoms with E-state index in [1.165, 1.54) is 12.8 Å². The third-order valence-corrected chi connectivity index (χ3v) is 3.38. The fraction of sp³-hybridized carbons (Fsp3) is 0.571. The minimum absolute atomic E-state index is 0.601. The molecule has 0 saturated carbocycles. The van der Waals surface area contributed by atoms with E-state index in [0.717, 1.165) is 6.54 Å². The maximum absolute atomic E-state index is 3.57. The smallest absolute Gasteiger partial charge is 0.0326 e. The van der Waals surface area contributed by atoms with Gasteiger partial charge in [-0.05, 0) is 42.0 Å². The van der Waals surface area contributed by atoms with Gasteiger partial charge in [0.05, 0.1) is 0 Å². The zero-order valence-corrected chi connectivity index (χ0v) is 10.0. The Kier molecular flexibility index (Phi) is 3.11. The van der Waals surface area contributed by atoms with Crippen molar-refractivity contribution in [3.8, 4) is 0 Å². The summed E-state index contributed by atoms with van der Waals surface area (Å²) in [6, 6.07) is 7.40. The normalized spacial score (nSPS) is 19.6. The molecule has 1 aliphatic carbocycles. The van der Waals surface area contributed by atoms with Crippen LogP contribution in [0.1, 0.15) is 55.8 Å². The van der Waals surface area contributed by atoms with Gasteiger partial charge in [0.15, 0.2) is 0 Å². The largest absolute Gasteiger partial charge is 0.310 e. The van der Waals surface area contributed by atoms with Crippen molar-refractivity contribution in [2.45, 2.75) is 45.6 Å². The van der Waals surface area contributed by atoms with Crippen LogP contribution in [0.2, 0.25) is 0 Å². The van der Waals surface area contributed by atoms with Gasteiger partial charge in [-0.3, -0.25) is 0 Å². The van der Waals surface area contributed by atoms with Crippen molar-refractivity contribution in [2.24, 2.45) is 0 Å². The van der Waals surface area contributed by atoms with E-state index in [4.69, 9.17) is 0 Å². The van der Waals surface area contributed by atoms with E-state index in [1.807, 2.05) is 0 Å². The monoisotopic (exact) mass is 203 g/mol. The van der Waals surface area contributed by atoms with Crippen LogP contribution in [-0.2, 0) is 6.42 Å². The van der Waals surface area contributed by atoms with Gasteiger partial charge in [-0.2, -0.15) is 0 Å². The topological polar surface area (TPSA) is 12.0 Å². The van der Waals surface area contributed by atoms with Crippen molar-refractivity contribution < 1.29 is 0 Å². The number of hydrogen-bond donors (Lipinski definition) is 1. The summed E-state index contributed by atoms with van der Waals surface area (Å²) in [6.45, 7) is 7.83. The van der Waals surface area contributed by atoms with Gasteiger partial charge in [-0.25, -0.2) is 0 Å². The highest BCUT2D eigenvalue weighted by Crippen LogP contribution is 2.35. The fourth-order valence-electron chi connectivity index (χ4n) is 2.68. The number of nitrogens with one attached hydrogen (secondary N) is 1. The molecule has 82 valence electrons. The van der Waals surface area contributed by atoms with Crippen LogP contribution in [0.15, 0.2) is 18.2 Å². The third kappa shape index (κ3) is 1.93. The molecule has 1 aromatic carbocycles. The van der Waals surface area contributed by atoms with Gasteiger partial charge in [0.25, 0.3) is 0 Å². The van der Waals surface area contributed by atoms with E-state index in [9.17, 15) is 0 Å². The molecule has 1 N–H and O–H groups in total. The van der Waals surface area contributed by atoms with Gasteiger partial charge in [0.2, 0.25) is 0 Å². The second kappa shape index (κ2) is 4.36. The average molecular weight is 203 g/mol. The molecule has 0 aliphatic heterocycles. The Labute approximate surface area is 92.9 Å². The van der Waals surface area contributed by atoms with Crippen LogP contribution in [-0.4, -0.2) is 6.54 Å². The molecule has 0 bridgehead atoms. The van der Waals surface area contributed by atoms with Gasteiger partial charge in [-0.1, -0.05) is 39.0 Å². The van der Waals surface area contributed by atoms with E-state index < -0.39 is 0 Å². The van der Waals surface area contributed by atoms with E-state index in [-0.39, 0.29) is 0 Å². The molecule has 1 unspecified atom stereocenters. The van der Waals surface area contributed by atoms with E-state index in [2.05, 4.69) is 44.3 Å². The molecule has 0 fully saturated rings. The first kappa shape index (κ1) is 10.7. The summed E-state index contributed by atoms with van der Waals surface area (Å²) in [4.78, 5) is 0. The minimum Gasteiger partial charge on any atom is -0.310 e. The number of fused-ring (bicyclic) bond motifs is 1. The Morgan fingerprint density at radius 2 is 2.20 bits per heavy atom. The van der Waals surface area contributed by atoms with Crippen molar-refractivity contribution in [1.82, 2.24) is 5.32 Å². The molecule has 1 nitrogen and oxygen atoms in total. The van der Waals surface area contributed by atoms with Crippen LogP contribution in [0, 0.1) is 0 Å². The maximum Gasteiger partial charge on any atom is 0.0326 e. The number of benzene rings is 1. The Hall–Kier alpha value is -0.820. The third-order valence-electron chi connectivity index (χ3n) is 3.38. The number of hydrogen-bond acceptors (Lipinski definition) is 1. The van der Waals surface area contributed by atoms with Crippen molar-refractivity contribution >= 4 is 0 Å². The molecule has 15 heavy (non-hydrogen) atoms. The first-order valence-corrected chi connectivity index (χ1v) is 6.09. The molecule has 0 heterocycles. The summed E-state index contributed by atoms with van der Waals surface area (Å²) in [6.07, 6.45) is 2.52. The Bertz CT molecular complexity index is 341. The molecule has 0 radical (unpaired) electrons. The highest BCUT2D eigenvalue weighted by Gasteiger charge is 2.23. The lowest BCUT2D eigenvalue weighted by Gasteiger charge is -2.15. The van der Waals surface area contributed by atoms with E-state index in [1.54, 1.807) is 16.7 Å². The summed E-state index contributed by atoms with van der Waals surface area (Å²) in [5.41, 5.74) is 4.70. The summed E-state index contributed by atoms with van der Waals surface area (Å²) in [7, 11) is 0. The minimum atomic E-state index is 0.601. The molecular formula is C14H21N. The van der Waals surface area contributed by atoms with E-state index in [0.29, 0.717) is 12.0 Å². The van der Waals surface area contributed by atoms with Crippen LogP contribution in [0.3, 0.4) is 0 Å². The highest BCUT2D eigenvalue weighted by atomic mass is 14.9. The van der Waals surface area contributed by atoms with Gasteiger partial charge in [0, 0.05) is 6.04 Å². The first-order chi connectivity index (χ1) is 7.24. The molecule has 1 atom stereocenters. The second-order valence-electron chi connectivity index (χ2n) is 4.72. The van der Waals surface area contributed by atoms with Crippen LogP contribution in [0.5, 0.6) is 0 Å². The van der Waals surface area contributed by atoms with Gasteiger partial charge in [-0.15, -0.1) is 0 Å². The molecule has 1 aromatic rings. The Morgan fingerprint density at radius 3 is 2.87 bits per heavy atom. The molecule has 0 saturated heterocycles. The highest BCUT2D eigenvalue weighted by molar-refractivity contribution is 5.42.